The van der Waals surface area contributed by atoms with Crippen molar-refractivity contribution in [2.75, 3.05) is 19.8 Å². The average molecular weight is 343 g/mol. The summed E-state index contributed by atoms with van der Waals surface area (Å²) in [6, 6.07) is 6.95. The number of carbonyl (C=O) groups excluding carboxylic acids is 1. The first-order chi connectivity index (χ1) is 12.2. The monoisotopic (exact) mass is 343 g/mol. The van der Waals surface area contributed by atoms with Crippen LogP contribution in [0.3, 0.4) is 0 Å². The van der Waals surface area contributed by atoms with Gasteiger partial charge >= 0.3 is 0 Å². The van der Waals surface area contributed by atoms with E-state index in [0.717, 1.165) is 12.0 Å². The van der Waals surface area contributed by atoms with Crippen LogP contribution < -0.4 is 14.8 Å². The molecule has 1 atom stereocenters. The fourth-order valence-electron chi connectivity index (χ4n) is 2.46. The van der Waals surface area contributed by atoms with Crippen molar-refractivity contribution >= 4 is 5.91 Å². The summed E-state index contributed by atoms with van der Waals surface area (Å²) in [5, 5.41) is 2.88. The van der Waals surface area contributed by atoms with Crippen molar-refractivity contribution in [3.8, 4) is 11.8 Å². The second-order valence-corrected chi connectivity index (χ2v) is 5.60. The SMILES string of the molecule is CCOc1cc(CNC(=O)c2ccnc(OC3CCOC3)c2)ccn1. The molecule has 7 heteroatoms. The Morgan fingerprint density at radius 1 is 1.28 bits per heavy atom. The third-order valence-corrected chi connectivity index (χ3v) is 3.72. The number of ether oxygens (including phenoxy) is 3. The van der Waals surface area contributed by atoms with E-state index < -0.39 is 0 Å². The van der Waals surface area contributed by atoms with Gasteiger partial charge in [0.05, 0.1) is 19.8 Å². The lowest BCUT2D eigenvalue weighted by molar-refractivity contribution is 0.0949. The Balaban J connectivity index is 1.58. The highest BCUT2D eigenvalue weighted by Gasteiger charge is 2.18. The molecule has 3 rings (SSSR count). The molecule has 0 radical (unpaired) electrons. The van der Waals surface area contributed by atoms with E-state index in [1.165, 1.54) is 0 Å². The van der Waals surface area contributed by atoms with Crippen LogP contribution in [0, 0.1) is 0 Å². The van der Waals surface area contributed by atoms with Gasteiger partial charge in [-0.25, -0.2) is 9.97 Å². The van der Waals surface area contributed by atoms with Crippen LogP contribution in [-0.4, -0.2) is 41.8 Å². The first kappa shape index (κ1) is 17.2. The minimum atomic E-state index is -0.190. The van der Waals surface area contributed by atoms with E-state index >= 15 is 0 Å². The molecule has 3 heterocycles. The van der Waals surface area contributed by atoms with Crippen LogP contribution >= 0.6 is 0 Å². The second kappa shape index (κ2) is 8.43. The number of carbonyl (C=O) groups is 1. The Hall–Kier alpha value is -2.67. The van der Waals surface area contributed by atoms with E-state index in [2.05, 4.69) is 15.3 Å². The van der Waals surface area contributed by atoms with Crippen LogP contribution in [0.5, 0.6) is 11.8 Å². The van der Waals surface area contributed by atoms with Gasteiger partial charge in [-0.05, 0) is 24.6 Å². The van der Waals surface area contributed by atoms with Crippen LogP contribution in [0.4, 0.5) is 0 Å². The Bertz CT molecular complexity index is 717. The molecule has 132 valence electrons. The molecule has 0 aromatic carbocycles. The van der Waals surface area contributed by atoms with Gasteiger partial charge in [0.25, 0.3) is 5.91 Å². The molecule has 1 amide bonds. The normalized spacial score (nSPS) is 16.4. The molecule has 1 fully saturated rings. The molecular weight excluding hydrogens is 322 g/mol. The molecule has 0 aliphatic carbocycles. The Morgan fingerprint density at radius 3 is 2.92 bits per heavy atom. The van der Waals surface area contributed by atoms with Crippen molar-refractivity contribution < 1.29 is 19.0 Å². The lowest BCUT2D eigenvalue weighted by Crippen LogP contribution is -2.23. The summed E-state index contributed by atoms with van der Waals surface area (Å²) in [4.78, 5) is 20.6. The third kappa shape index (κ3) is 4.90. The first-order valence-corrected chi connectivity index (χ1v) is 8.31. The first-order valence-electron chi connectivity index (χ1n) is 8.31. The second-order valence-electron chi connectivity index (χ2n) is 5.60. The summed E-state index contributed by atoms with van der Waals surface area (Å²) >= 11 is 0. The molecule has 2 aromatic heterocycles. The Kier molecular flexibility index (Phi) is 5.79. The van der Waals surface area contributed by atoms with E-state index in [-0.39, 0.29) is 12.0 Å². The molecule has 0 bridgehead atoms. The van der Waals surface area contributed by atoms with Gasteiger partial charge in [-0.2, -0.15) is 0 Å². The van der Waals surface area contributed by atoms with E-state index in [1.807, 2.05) is 19.1 Å². The van der Waals surface area contributed by atoms with Crippen LogP contribution in [0.15, 0.2) is 36.7 Å². The van der Waals surface area contributed by atoms with Gasteiger partial charge in [0, 0.05) is 43.1 Å². The number of nitrogens with zero attached hydrogens (tertiary/aromatic N) is 2. The van der Waals surface area contributed by atoms with Gasteiger partial charge in [0.1, 0.15) is 6.10 Å². The van der Waals surface area contributed by atoms with Crippen LogP contribution in [-0.2, 0) is 11.3 Å². The van der Waals surface area contributed by atoms with Gasteiger partial charge in [-0.1, -0.05) is 0 Å². The Morgan fingerprint density at radius 2 is 2.12 bits per heavy atom. The van der Waals surface area contributed by atoms with Crippen molar-refractivity contribution in [1.29, 1.82) is 0 Å². The molecule has 2 aromatic rings. The zero-order valence-electron chi connectivity index (χ0n) is 14.1. The summed E-state index contributed by atoms with van der Waals surface area (Å²) in [7, 11) is 0. The van der Waals surface area contributed by atoms with Gasteiger partial charge in [0.2, 0.25) is 11.8 Å². The molecule has 1 aliphatic heterocycles. The minimum absolute atomic E-state index is 0.000355. The number of pyridine rings is 2. The maximum Gasteiger partial charge on any atom is 0.251 e. The van der Waals surface area contributed by atoms with Crippen molar-refractivity contribution in [2.24, 2.45) is 0 Å². The predicted molar refractivity (Wildman–Crippen MR) is 90.7 cm³/mol. The molecule has 0 saturated carbocycles. The van der Waals surface area contributed by atoms with E-state index in [0.29, 0.717) is 43.7 Å². The lowest BCUT2D eigenvalue weighted by Gasteiger charge is -2.11. The summed E-state index contributed by atoms with van der Waals surface area (Å²) in [5.74, 6) is 0.794. The fraction of sp³-hybridized carbons (Fsp3) is 0.389. The van der Waals surface area contributed by atoms with E-state index in [4.69, 9.17) is 14.2 Å². The third-order valence-electron chi connectivity index (χ3n) is 3.72. The van der Waals surface area contributed by atoms with Crippen molar-refractivity contribution in [3.63, 3.8) is 0 Å². The zero-order valence-corrected chi connectivity index (χ0v) is 14.1. The predicted octanol–water partition coefficient (Wildman–Crippen LogP) is 1.97. The maximum atomic E-state index is 12.4. The summed E-state index contributed by atoms with van der Waals surface area (Å²) < 4.78 is 16.4. The van der Waals surface area contributed by atoms with Gasteiger partial charge in [-0.15, -0.1) is 0 Å². The van der Waals surface area contributed by atoms with Gasteiger partial charge in [0.15, 0.2) is 0 Å². The fourth-order valence-corrected chi connectivity index (χ4v) is 2.46. The number of amides is 1. The van der Waals surface area contributed by atoms with Crippen LogP contribution in [0.1, 0.15) is 29.3 Å². The molecule has 1 N–H and O–H groups in total. The molecule has 25 heavy (non-hydrogen) atoms. The standard InChI is InChI=1S/C18H21N3O4/c1-2-24-16-9-13(3-6-19-16)11-21-18(22)14-4-7-20-17(10-14)25-15-5-8-23-12-15/h3-4,6-7,9-10,15H,2,5,8,11-12H2,1H3,(H,21,22). The van der Waals surface area contributed by atoms with Gasteiger partial charge in [-0.3, -0.25) is 4.79 Å². The highest BCUT2D eigenvalue weighted by molar-refractivity contribution is 5.94. The minimum Gasteiger partial charge on any atom is -0.478 e. The zero-order chi connectivity index (χ0) is 17.5. The van der Waals surface area contributed by atoms with Gasteiger partial charge < -0.3 is 19.5 Å². The molecular formula is C18H21N3O4. The molecule has 1 unspecified atom stereocenters. The topological polar surface area (TPSA) is 82.6 Å². The highest BCUT2D eigenvalue weighted by Crippen LogP contribution is 2.16. The number of hydrogen-bond donors (Lipinski definition) is 1. The number of rotatable bonds is 7. The Labute approximate surface area is 146 Å². The summed E-state index contributed by atoms with van der Waals surface area (Å²) in [6.45, 7) is 4.09. The quantitative estimate of drug-likeness (QED) is 0.828. The van der Waals surface area contributed by atoms with Crippen molar-refractivity contribution in [3.05, 3.63) is 47.8 Å². The smallest absolute Gasteiger partial charge is 0.251 e. The molecule has 1 saturated heterocycles. The molecule has 0 spiro atoms. The van der Waals surface area contributed by atoms with Crippen LogP contribution in [0.25, 0.3) is 0 Å². The molecule has 1 aliphatic rings. The highest BCUT2D eigenvalue weighted by atomic mass is 16.5. The summed E-state index contributed by atoms with van der Waals surface area (Å²) in [6.07, 6.45) is 4.07. The average Bonchev–Trinajstić information content (AvgIpc) is 3.13. The van der Waals surface area contributed by atoms with Crippen molar-refractivity contribution in [1.82, 2.24) is 15.3 Å². The van der Waals surface area contributed by atoms with E-state index in [1.54, 1.807) is 24.5 Å². The largest absolute Gasteiger partial charge is 0.478 e. The van der Waals surface area contributed by atoms with E-state index in [9.17, 15) is 4.79 Å². The number of aromatic nitrogens is 2. The number of nitrogens with one attached hydrogen (secondary N) is 1. The maximum absolute atomic E-state index is 12.4. The number of hydrogen-bond acceptors (Lipinski definition) is 6. The molecule has 7 nitrogen and oxygen atoms in total. The van der Waals surface area contributed by atoms with Crippen molar-refractivity contribution in [2.45, 2.75) is 26.0 Å². The summed E-state index contributed by atoms with van der Waals surface area (Å²) in [5.41, 5.74) is 1.42. The lowest BCUT2D eigenvalue weighted by atomic mass is 10.2. The van der Waals surface area contributed by atoms with Crippen LogP contribution in [0.2, 0.25) is 0 Å².